The number of halogens is 1. The highest BCUT2D eigenvalue weighted by Crippen LogP contribution is 2.36. The molecular weight excluding hydrogens is 430 g/mol. The monoisotopic (exact) mass is 449 g/mol. The summed E-state index contributed by atoms with van der Waals surface area (Å²) in [4.78, 5) is 25.6. The molecule has 0 aromatic heterocycles. The van der Waals surface area contributed by atoms with Crippen molar-refractivity contribution in [1.29, 1.82) is 0 Å². The van der Waals surface area contributed by atoms with Crippen molar-refractivity contribution in [3.05, 3.63) is 65.7 Å². The van der Waals surface area contributed by atoms with Crippen LogP contribution in [-0.4, -0.2) is 40.6 Å². The van der Waals surface area contributed by atoms with Crippen molar-refractivity contribution in [3.63, 3.8) is 0 Å². The zero-order valence-electron chi connectivity index (χ0n) is 14.8. The minimum Gasteiger partial charge on any atom is -0.497 e. The molecule has 0 saturated carbocycles. The minimum absolute atomic E-state index is 0.0382. The number of hydrogen-bond donors (Lipinski definition) is 0. The summed E-state index contributed by atoms with van der Waals surface area (Å²) in [6.07, 6.45) is 0. The highest BCUT2D eigenvalue weighted by Gasteiger charge is 2.46. The first-order valence-electron chi connectivity index (χ1n) is 8.47. The van der Waals surface area contributed by atoms with Crippen molar-refractivity contribution in [2.75, 3.05) is 13.7 Å². The number of methoxy groups -OCH3 is 1. The van der Waals surface area contributed by atoms with Crippen molar-refractivity contribution in [2.24, 2.45) is 0 Å². The second-order valence-electron chi connectivity index (χ2n) is 6.06. The molecule has 2 atom stereocenters. The molecule has 1 aliphatic rings. The van der Waals surface area contributed by atoms with Crippen molar-refractivity contribution in [2.45, 2.75) is 22.6 Å². The molecule has 2 aromatic rings. The van der Waals surface area contributed by atoms with E-state index in [1.165, 1.54) is 5.56 Å². The zero-order valence-corrected chi connectivity index (χ0v) is 17.2. The van der Waals surface area contributed by atoms with Gasteiger partial charge in [-0.25, -0.2) is 0 Å². The van der Waals surface area contributed by atoms with Crippen molar-refractivity contribution >= 4 is 39.6 Å². The summed E-state index contributed by atoms with van der Waals surface area (Å²) in [6.45, 7) is 0.133. The molecule has 1 amide bonds. The molecule has 0 aliphatic carbocycles. The van der Waals surface area contributed by atoms with Gasteiger partial charge in [0.15, 0.2) is 0 Å². The van der Waals surface area contributed by atoms with Crippen molar-refractivity contribution < 1.29 is 19.1 Å². The lowest BCUT2D eigenvalue weighted by Crippen LogP contribution is -2.61. The maximum Gasteiger partial charge on any atom is 0.326 e. The summed E-state index contributed by atoms with van der Waals surface area (Å²) in [5.41, 5.74) is 2.05. The SMILES string of the molecule is COc1ccc(COC(=O)CN2C(=O)[C@H](Br)[C@H]2SCc2ccccc2)cc1. The Morgan fingerprint density at radius 3 is 2.48 bits per heavy atom. The number of ether oxygens (including phenoxy) is 2. The number of benzene rings is 2. The Hall–Kier alpha value is -1.99. The summed E-state index contributed by atoms with van der Waals surface area (Å²) in [5, 5.41) is -0.0776. The quantitative estimate of drug-likeness (QED) is 0.350. The fourth-order valence-electron chi connectivity index (χ4n) is 2.65. The number of likely N-dealkylation sites (tertiary alicyclic amines) is 1. The van der Waals surface area contributed by atoms with Crippen LogP contribution < -0.4 is 4.74 Å². The third-order valence-electron chi connectivity index (χ3n) is 4.20. The van der Waals surface area contributed by atoms with Gasteiger partial charge in [0.2, 0.25) is 5.91 Å². The zero-order chi connectivity index (χ0) is 19.2. The lowest BCUT2D eigenvalue weighted by atomic mass is 10.2. The van der Waals surface area contributed by atoms with Gasteiger partial charge in [-0.2, -0.15) is 0 Å². The Morgan fingerprint density at radius 1 is 1.11 bits per heavy atom. The van der Waals surface area contributed by atoms with Crippen LogP contribution in [0.1, 0.15) is 11.1 Å². The molecule has 0 spiro atoms. The molecule has 1 heterocycles. The Morgan fingerprint density at radius 2 is 1.81 bits per heavy atom. The van der Waals surface area contributed by atoms with Gasteiger partial charge in [0, 0.05) is 5.75 Å². The summed E-state index contributed by atoms with van der Waals surface area (Å²) in [5.74, 6) is 1.03. The van der Waals surface area contributed by atoms with Gasteiger partial charge in [0.05, 0.1) is 7.11 Å². The van der Waals surface area contributed by atoms with Gasteiger partial charge < -0.3 is 14.4 Å². The van der Waals surface area contributed by atoms with Gasteiger partial charge >= 0.3 is 5.97 Å². The lowest BCUT2D eigenvalue weighted by molar-refractivity contribution is -0.154. The molecule has 0 N–H and O–H groups in total. The molecule has 7 heteroatoms. The number of esters is 1. The maximum atomic E-state index is 12.1. The van der Waals surface area contributed by atoms with E-state index in [2.05, 4.69) is 15.9 Å². The van der Waals surface area contributed by atoms with E-state index >= 15 is 0 Å². The summed E-state index contributed by atoms with van der Waals surface area (Å²) in [6, 6.07) is 17.3. The van der Waals surface area contributed by atoms with Crippen LogP contribution in [-0.2, 0) is 26.7 Å². The lowest BCUT2D eigenvalue weighted by Gasteiger charge is -2.43. The first-order valence-corrected chi connectivity index (χ1v) is 10.4. The topological polar surface area (TPSA) is 55.8 Å². The van der Waals surface area contributed by atoms with E-state index in [1.54, 1.807) is 23.8 Å². The largest absolute Gasteiger partial charge is 0.497 e. The molecular formula is C20H20BrNO4S. The highest BCUT2D eigenvalue weighted by atomic mass is 79.9. The first kappa shape index (κ1) is 19.8. The number of carbonyl (C=O) groups is 2. The average Bonchev–Trinajstić information content (AvgIpc) is 2.72. The van der Waals surface area contributed by atoms with E-state index in [4.69, 9.17) is 9.47 Å². The summed E-state index contributed by atoms with van der Waals surface area (Å²) < 4.78 is 10.4. The van der Waals surface area contributed by atoms with E-state index in [9.17, 15) is 9.59 Å². The molecule has 0 radical (unpaired) electrons. The fraction of sp³-hybridized carbons (Fsp3) is 0.300. The van der Waals surface area contributed by atoms with Gasteiger partial charge in [-0.3, -0.25) is 9.59 Å². The molecule has 5 nitrogen and oxygen atoms in total. The standard InChI is InChI=1S/C20H20BrNO4S/c1-25-16-9-7-14(8-10-16)12-26-17(23)11-22-19(24)18(21)20(22)27-13-15-5-3-2-4-6-15/h2-10,18,20H,11-13H2,1H3/t18-,20+/m0/s1. The van der Waals surface area contributed by atoms with Gasteiger partial charge in [0.25, 0.3) is 0 Å². The number of nitrogens with zero attached hydrogens (tertiary/aromatic N) is 1. The molecule has 2 aromatic carbocycles. The van der Waals surface area contributed by atoms with Crippen LogP contribution in [0.2, 0.25) is 0 Å². The number of hydrogen-bond acceptors (Lipinski definition) is 5. The predicted octanol–water partition coefficient (Wildman–Crippen LogP) is 3.60. The molecule has 27 heavy (non-hydrogen) atoms. The van der Waals surface area contributed by atoms with E-state index in [1.807, 2.05) is 54.6 Å². The third kappa shape index (κ3) is 5.05. The molecule has 1 aliphatic heterocycles. The second-order valence-corrected chi connectivity index (χ2v) is 8.16. The Kier molecular flexibility index (Phi) is 6.79. The van der Waals surface area contributed by atoms with E-state index < -0.39 is 5.97 Å². The van der Waals surface area contributed by atoms with E-state index in [-0.39, 0.29) is 29.3 Å². The first-order chi connectivity index (χ1) is 13.1. The number of amides is 1. The minimum atomic E-state index is -0.413. The molecule has 0 bridgehead atoms. The number of rotatable bonds is 8. The molecule has 0 unspecified atom stereocenters. The van der Waals surface area contributed by atoms with Crippen LogP contribution in [0.15, 0.2) is 54.6 Å². The molecule has 1 fully saturated rings. The molecule has 1 saturated heterocycles. The Labute approximate surface area is 171 Å². The van der Waals surface area contributed by atoms with Crippen LogP contribution in [0.4, 0.5) is 0 Å². The van der Waals surface area contributed by atoms with E-state index in [0.717, 1.165) is 17.1 Å². The number of carbonyl (C=O) groups excluding carboxylic acids is 2. The summed E-state index contributed by atoms with van der Waals surface area (Å²) in [7, 11) is 1.60. The fourth-order valence-corrected chi connectivity index (χ4v) is 4.86. The Bertz CT molecular complexity index is 784. The van der Waals surface area contributed by atoms with E-state index in [0.29, 0.717) is 0 Å². The van der Waals surface area contributed by atoms with Crippen LogP contribution in [0.3, 0.4) is 0 Å². The normalized spacial score (nSPS) is 18.7. The Balaban J connectivity index is 1.48. The maximum absolute atomic E-state index is 12.1. The van der Waals surface area contributed by atoms with Crippen molar-refractivity contribution in [1.82, 2.24) is 4.90 Å². The number of β-lactam (4-membered cyclic amide) rings is 1. The number of thioether (sulfide) groups is 1. The van der Waals surface area contributed by atoms with Gasteiger partial charge in [-0.1, -0.05) is 58.4 Å². The highest BCUT2D eigenvalue weighted by molar-refractivity contribution is 9.10. The van der Waals surface area contributed by atoms with Gasteiger partial charge in [0.1, 0.15) is 29.1 Å². The van der Waals surface area contributed by atoms with Crippen LogP contribution in [0.5, 0.6) is 5.75 Å². The smallest absolute Gasteiger partial charge is 0.326 e. The predicted molar refractivity (Wildman–Crippen MR) is 109 cm³/mol. The summed E-state index contributed by atoms with van der Waals surface area (Å²) >= 11 is 5.04. The van der Waals surface area contributed by atoms with Gasteiger partial charge in [-0.05, 0) is 23.3 Å². The second kappa shape index (κ2) is 9.28. The number of alkyl halides is 1. The molecule has 142 valence electrons. The average molecular weight is 450 g/mol. The van der Waals surface area contributed by atoms with Crippen LogP contribution in [0.25, 0.3) is 0 Å². The molecule has 3 rings (SSSR count). The van der Waals surface area contributed by atoms with Crippen molar-refractivity contribution in [3.8, 4) is 5.75 Å². The third-order valence-corrected chi connectivity index (χ3v) is 6.81. The van der Waals surface area contributed by atoms with Crippen LogP contribution >= 0.6 is 27.7 Å². The van der Waals surface area contributed by atoms with Crippen LogP contribution in [0, 0.1) is 0 Å². The van der Waals surface area contributed by atoms with Gasteiger partial charge in [-0.15, -0.1) is 11.8 Å².